The highest BCUT2D eigenvalue weighted by Crippen LogP contribution is 1.89. The van der Waals surface area contributed by atoms with Crippen LogP contribution in [0.3, 0.4) is 0 Å². The Hall–Kier alpha value is -1.32. The summed E-state index contributed by atoms with van der Waals surface area (Å²) in [5.74, 6) is 17.1. The SMILES string of the molecule is CC#CC#CC[CH]CC#CCC. The molecule has 0 spiro atoms. The van der Waals surface area contributed by atoms with Crippen LogP contribution < -0.4 is 0 Å². The molecule has 0 heterocycles. The molecule has 0 aliphatic rings. The number of unbranched alkanes of at least 4 members (excludes halogenated alkanes) is 2. The third kappa shape index (κ3) is 8.68. The molecule has 0 N–H and O–H groups in total. The molecule has 0 rings (SSSR count). The van der Waals surface area contributed by atoms with Crippen molar-refractivity contribution in [2.75, 3.05) is 0 Å². The molecule has 0 aliphatic carbocycles. The Kier molecular flexibility index (Phi) is 8.62. The quantitative estimate of drug-likeness (QED) is 0.426. The zero-order valence-corrected chi connectivity index (χ0v) is 7.70. The monoisotopic (exact) mass is 157 g/mol. The van der Waals surface area contributed by atoms with Crippen molar-refractivity contribution >= 4 is 0 Å². The van der Waals surface area contributed by atoms with E-state index in [1.165, 1.54) is 0 Å². The van der Waals surface area contributed by atoms with Crippen LogP contribution in [0.2, 0.25) is 0 Å². The van der Waals surface area contributed by atoms with Gasteiger partial charge in [-0.05, 0) is 25.2 Å². The molecule has 0 aromatic carbocycles. The van der Waals surface area contributed by atoms with Crippen molar-refractivity contribution in [2.24, 2.45) is 0 Å². The van der Waals surface area contributed by atoms with E-state index in [2.05, 4.69) is 41.9 Å². The van der Waals surface area contributed by atoms with E-state index >= 15 is 0 Å². The van der Waals surface area contributed by atoms with Gasteiger partial charge in [0.2, 0.25) is 0 Å². The molecule has 12 heavy (non-hydrogen) atoms. The first kappa shape index (κ1) is 10.7. The minimum absolute atomic E-state index is 0.785. The van der Waals surface area contributed by atoms with Crippen LogP contribution in [0.5, 0.6) is 0 Å². The van der Waals surface area contributed by atoms with Gasteiger partial charge in [0.25, 0.3) is 0 Å². The fourth-order valence-electron chi connectivity index (χ4n) is 0.571. The van der Waals surface area contributed by atoms with E-state index in [4.69, 9.17) is 0 Å². The summed E-state index contributed by atoms with van der Waals surface area (Å²) in [5.41, 5.74) is 0. The van der Waals surface area contributed by atoms with Gasteiger partial charge in [-0.3, -0.25) is 0 Å². The maximum atomic E-state index is 3.02. The zero-order chi connectivity index (χ0) is 9.07. The molecular formula is C12H13. The van der Waals surface area contributed by atoms with Crippen molar-refractivity contribution in [3.8, 4) is 35.5 Å². The summed E-state index contributed by atoms with van der Waals surface area (Å²) in [6.45, 7) is 3.83. The van der Waals surface area contributed by atoms with Gasteiger partial charge in [-0.15, -0.1) is 11.8 Å². The lowest BCUT2D eigenvalue weighted by atomic mass is 10.2. The van der Waals surface area contributed by atoms with Crippen molar-refractivity contribution in [1.82, 2.24) is 0 Å². The first-order valence-corrected chi connectivity index (χ1v) is 4.08. The number of rotatable bonds is 2. The van der Waals surface area contributed by atoms with Crippen molar-refractivity contribution in [3.63, 3.8) is 0 Å². The van der Waals surface area contributed by atoms with Crippen molar-refractivity contribution in [2.45, 2.75) is 33.1 Å². The lowest BCUT2D eigenvalue weighted by molar-refractivity contribution is 1.15. The Morgan fingerprint density at radius 1 is 1.00 bits per heavy atom. The van der Waals surface area contributed by atoms with E-state index < -0.39 is 0 Å². The first-order valence-electron chi connectivity index (χ1n) is 4.08. The second-order valence-electron chi connectivity index (χ2n) is 2.08. The molecule has 0 atom stereocenters. The zero-order valence-electron chi connectivity index (χ0n) is 7.70. The third-order valence-corrected chi connectivity index (χ3v) is 1.07. The van der Waals surface area contributed by atoms with E-state index in [1.54, 1.807) is 6.92 Å². The summed E-state index contributed by atoms with van der Waals surface area (Å²) >= 11 is 0. The second-order valence-corrected chi connectivity index (χ2v) is 2.08. The van der Waals surface area contributed by atoms with Crippen LogP contribution in [-0.4, -0.2) is 0 Å². The van der Waals surface area contributed by atoms with Gasteiger partial charge in [0, 0.05) is 19.3 Å². The molecule has 0 aromatic heterocycles. The highest BCUT2D eigenvalue weighted by atomic mass is 13.8. The molecule has 0 aromatic rings. The van der Waals surface area contributed by atoms with Crippen molar-refractivity contribution in [1.29, 1.82) is 0 Å². The van der Waals surface area contributed by atoms with Gasteiger partial charge in [0.1, 0.15) is 0 Å². The van der Waals surface area contributed by atoms with E-state index in [0.29, 0.717) is 0 Å². The molecule has 0 amide bonds. The maximum absolute atomic E-state index is 3.02. The van der Waals surface area contributed by atoms with Crippen LogP contribution in [0.15, 0.2) is 0 Å². The van der Waals surface area contributed by atoms with E-state index in [1.807, 2.05) is 6.92 Å². The van der Waals surface area contributed by atoms with Crippen molar-refractivity contribution < 1.29 is 0 Å². The molecule has 61 valence electrons. The predicted octanol–water partition coefficient (Wildman–Crippen LogP) is 2.41. The normalized spacial score (nSPS) is 6.50. The lowest BCUT2D eigenvalue weighted by Gasteiger charge is -1.82. The Labute approximate surface area is 75.8 Å². The van der Waals surface area contributed by atoms with Crippen LogP contribution in [-0.2, 0) is 0 Å². The van der Waals surface area contributed by atoms with Gasteiger partial charge < -0.3 is 0 Å². The van der Waals surface area contributed by atoms with Crippen LogP contribution in [0.4, 0.5) is 0 Å². The molecule has 0 saturated heterocycles. The van der Waals surface area contributed by atoms with Crippen molar-refractivity contribution in [3.05, 3.63) is 6.42 Å². The van der Waals surface area contributed by atoms with E-state index in [-0.39, 0.29) is 0 Å². The fourth-order valence-corrected chi connectivity index (χ4v) is 0.571. The Bertz CT molecular complexity index is 264. The van der Waals surface area contributed by atoms with Gasteiger partial charge in [-0.25, -0.2) is 0 Å². The topological polar surface area (TPSA) is 0 Å². The Balaban J connectivity index is 3.32. The smallest absolute Gasteiger partial charge is 0.0140 e. The predicted molar refractivity (Wildman–Crippen MR) is 52.8 cm³/mol. The summed E-state index contributed by atoms with van der Waals surface area (Å²) in [5, 5.41) is 0. The summed E-state index contributed by atoms with van der Waals surface area (Å²) in [7, 11) is 0. The summed E-state index contributed by atoms with van der Waals surface area (Å²) in [6.07, 6.45) is 4.61. The molecule has 0 unspecified atom stereocenters. The van der Waals surface area contributed by atoms with Crippen LogP contribution in [0.25, 0.3) is 0 Å². The molecule has 0 nitrogen and oxygen atoms in total. The second kappa shape index (κ2) is 9.68. The maximum Gasteiger partial charge on any atom is 0.0140 e. The molecule has 0 bridgehead atoms. The molecular weight excluding hydrogens is 144 g/mol. The van der Waals surface area contributed by atoms with Gasteiger partial charge in [0.15, 0.2) is 0 Å². The molecule has 0 aliphatic heterocycles. The van der Waals surface area contributed by atoms with Gasteiger partial charge >= 0.3 is 0 Å². The fraction of sp³-hybridized carbons (Fsp3) is 0.417. The third-order valence-electron chi connectivity index (χ3n) is 1.07. The molecule has 0 saturated carbocycles. The molecule has 1 radical (unpaired) electrons. The molecule has 0 heteroatoms. The average molecular weight is 157 g/mol. The first-order chi connectivity index (χ1) is 5.91. The van der Waals surface area contributed by atoms with Gasteiger partial charge in [0.05, 0.1) is 0 Å². The molecule has 0 fully saturated rings. The summed E-state index contributed by atoms with van der Waals surface area (Å²) < 4.78 is 0. The van der Waals surface area contributed by atoms with Crippen LogP contribution >= 0.6 is 0 Å². The van der Waals surface area contributed by atoms with Crippen LogP contribution in [0, 0.1) is 41.9 Å². The largest absolute Gasteiger partial charge is 0.104 e. The highest BCUT2D eigenvalue weighted by molar-refractivity contribution is 5.25. The number of hydrogen-bond acceptors (Lipinski definition) is 0. The highest BCUT2D eigenvalue weighted by Gasteiger charge is 1.78. The Morgan fingerprint density at radius 2 is 1.75 bits per heavy atom. The van der Waals surface area contributed by atoms with Gasteiger partial charge in [-0.2, -0.15) is 0 Å². The summed E-state index contributed by atoms with van der Waals surface area (Å²) in [6, 6.07) is 0. The average Bonchev–Trinajstić information content (AvgIpc) is 2.10. The van der Waals surface area contributed by atoms with Crippen LogP contribution in [0.1, 0.15) is 33.1 Å². The summed E-state index contributed by atoms with van der Waals surface area (Å²) in [4.78, 5) is 0. The van der Waals surface area contributed by atoms with E-state index in [0.717, 1.165) is 19.3 Å². The number of hydrogen-bond donors (Lipinski definition) is 0. The Morgan fingerprint density at radius 3 is 2.42 bits per heavy atom. The van der Waals surface area contributed by atoms with E-state index in [9.17, 15) is 0 Å². The lowest BCUT2D eigenvalue weighted by Crippen LogP contribution is -1.71. The minimum atomic E-state index is 0.785. The standard InChI is InChI=1S/C12H13/c1-3-5-7-9-11-12-10-8-6-4-2/h11H,3,9,12H2,1-2H3. The van der Waals surface area contributed by atoms with Gasteiger partial charge in [-0.1, -0.05) is 18.8 Å². The minimum Gasteiger partial charge on any atom is -0.104 e.